The number of aromatic nitrogens is 4. The standard InChI is InChI=1S/C40H26N4S/c1-3-13-26(14-4-1)39-41-36(42-40(43-39)27-15-5-2-6-16-27)25-28-17-7-10-20-32(28)44-33-21-11-8-18-29(33)30-23-24-35-37(38(30)44)31-19-9-12-22-34(31)45-35/h1-24H,25H2. The van der Waals surface area contributed by atoms with E-state index in [0.717, 1.165) is 28.2 Å². The second-order valence-corrected chi connectivity index (χ2v) is 12.3. The Morgan fingerprint density at radius 2 is 1.11 bits per heavy atom. The molecular formula is C40H26N4S. The van der Waals surface area contributed by atoms with Crippen molar-refractivity contribution in [2.24, 2.45) is 0 Å². The molecule has 0 saturated heterocycles. The van der Waals surface area contributed by atoms with Crippen molar-refractivity contribution in [3.63, 3.8) is 0 Å². The van der Waals surface area contributed by atoms with Crippen molar-refractivity contribution in [3.8, 4) is 28.5 Å². The summed E-state index contributed by atoms with van der Waals surface area (Å²) in [6, 6.07) is 51.0. The molecule has 0 aliphatic carbocycles. The lowest BCUT2D eigenvalue weighted by atomic mass is 10.1. The predicted octanol–water partition coefficient (Wildman–Crippen LogP) is 10.3. The summed E-state index contributed by atoms with van der Waals surface area (Å²) in [4.78, 5) is 14.9. The molecule has 45 heavy (non-hydrogen) atoms. The highest BCUT2D eigenvalue weighted by Crippen LogP contribution is 2.43. The minimum atomic E-state index is 0.562. The van der Waals surface area contributed by atoms with E-state index in [1.807, 2.05) is 47.7 Å². The maximum absolute atomic E-state index is 5.02. The summed E-state index contributed by atoms with van der Waals surface area (Å²) < 4.78 is 5.05. The van der Waals surface area contributed by atoms with Crippen LogP contribution >= 0.6 is 11.3 Å². The van der Waals surface area contributed by atoms with E-state index in [-0.39, 0.29) is 0 Å². The SMILES string of the molecule is c1ccc(-c2nc(Cc3ccccc3-n3c4ccccc4c4ccc5sc6ccccc6c5c43)nc(-c3ccccc3)n2)cc1. The second-order valence-electron chi connectivity index (χ2n) is 11.2. The van der Waals surface area contributed by atoms with Crippen molar-refractivity contribution in [2.45, 2.75) is 6.42 Å². The number of para-hydroxylation sites is 2. The highest BCUT2D eigenvalue weighted by atomic mass is 32.1. The van der Waals surface area contributed by atoms with Gasteiger partial charge in [0.1, 0.15) is 5.82 Å². The van der Waals surface area contributed by atoms with Crippen LogP contribution in [-0.2, 0) is 6.42 Å². The fraction of sp³-hybridized carbons (Fsp3) is 0.0250. The predicted molar refractivity (Wildman–Crippen MR) is 187 cm³/mol. The van der Waals surface area contributed by atoms with Gasteiger partial charge in [-0.2, -0.15) is 0 Å². The molecule has 0 N–H and O–H groups in total. The molecule has 6 aromatic carbocycles. The molecule has 0 unspecified atom stereocenters. The zero-order valence-electron chi connectivity index (χ0n) is 24.3. The minimum absolute atomic E-state index is 0.562. The van der Waals surface area contributed by atoms with Gasteiger partial charge in [0, 0.05) is 54.2 Å². The summed E-state index contributed by atoms with van der Waals surface area (Å²) in [6.07, 6.45) is 0.562. The molecule has 5 heteroatoms. The molecule has 4 nitrogen and oxygen atoms in total. The molecule has 9 rings (SSSR count). The van der Waals surface area contributed by atoms with Gasteiger partial charge in [0.05, 0.1) is 11.0 Å². The number of thiophene rings is 1. The third-order valence-corrected chi connectivity index (χ3v) is 9.64. The van der Waals surface area contributed by atoms with Gasteiger partial charge in [-0.15, -0.1) is 11.3 Å². The average molecular weight is 595 g/mol. The lowest BCUT2D eigenvalue weighted by molar-refractivity contribution is 0.925. The van der Waals surface area contributed by atoms with E-state index in [9.17, 15) is 0 Å². The molecule has 0 fully saturated rings. The summed E-state index contributed by atoms with van der Waals surface area (Å²) >= 11 is 1.86. The van der Waals surface area contributed by atoms with Gasteiger partial charge in [-0.05, 0) is 29.8 Å². The van der Waals surface area contributed by atoms with E-state index >= 15 is 0 Å². The van der Waals surface area contributed by atoms with Crippen molar-refractivity contribution >= 4 is 53.3 Å². The second kappa shape index (κ2) is 10.5. The number of fused-ring (bicyclic) bond motifs is 7. The highest BCUT2D eigenvalue weighted by molar-refractivity contribution is 7.26. The summed E-state index contributed by atoms with van der Waals surface area (Å²) in [6.45, 7) is 0. The first-order chi connectivity index (χ1) is 22.3. The fourth-order valence-corrected chi connectivity index (χ4v) is 7.60. The van der Waals surface area contributed by atoms with Crippen LogP contribution in [0.4, 0.5) is 0 Å². The molecular weight excluding hydrogens is 569 g/mol. The molecule has 0 saturated carbocycles. The van der Waals surface area contributed by atoms with Crippen molar-refractivity contribution in [2.75, 3.05) is 0 Å². The van der Waals surface area contributed by atoms with Crippen LogP contribution in [0.5, 0.6) is 0 Å². The number of rotatable bonds is 5. The van der Waals surface area contributed by atoms with Gasteiger partial charge >= 0.3 is 0 Å². The van der Waals surface area contributed by atoms with E-state index in [1.54, 1.807) is 0 Å². The first kappa shape index (κ1) is 25.8. The van der Waals surface area contributed by atoms with E-state index in [2.05, 4.69) is 114 Å². The van der Waals surface area contributed by atoms with Gasteiger partial charge in [0.2, 0.25) is 0 Å². The van der Waals surface area contributed by atoms with Gasteiger partial charge in [-0.1, -0.05) is 121 Å². The van der Waals surface area contributed by atoms with Gasteiger partial charge < -0.3 is 4.57 Å². The Morgan fingerprint density at radius 1 is 0.489 bits per heavy atom. The van der Waals surface area contributed by atoms with Crippen LogP contribution in [0.3, 0.4) is 0 Å². The molecule has 0 spiro atoms. The number of benzene rings is 6. The van der Waals surface area contributed by atoms with Crippen LogP contribution in [-0.4, -0.2) is 19.5 Å². The van der Waals surface area contributed by atoms with Crippen LogP contribution in [0.15, 0.2) is 146 Å². The molecule has 0 aliphatic heterocycles. The summed E-state index contributed by atoms with van der Waals surface area (Å²) in [5.41, 5.74) is 6.66. The summed E-state index contributed by atoms with van der Waals surface area (Å²) in [7, 11) is 0. The Morgan fingerprint density at radius 3 is 1.87 bits per heavy atom. The van der Waals surface area contributed by atoms with Crippen molar-refractivity contribution in [1.82, 2.24) is 19.5 Å². The Labute approximate surface area is 263 Å². The molecule has 3 aromatic heterocycles. The van der Waals surface area contributed by atoms with Crippen molar-refractivity contribution in [3.05, 3.63) is 157 Å². The van der Waals surface area contributed by atoms with Crippen LogP contribution in [0.2, 0.25) is 0 Å². The zero-order valence-corrected chi connectivity index (χ0v) is 25.1. The van der Waals surface area contributed by atoms with Crippen LogP contribution < -0.4 is 0 Å². The maximum atomic E-state index is 5.02. The topological polar surface area (TPSA) is 43.6 Å². The molecule has 0 radical (unpaired) electrons. The normalized spacial score (nSPS) is 11.6. The molecule has 212 valence electrons. The van der Waals surface area contributed by atoms with Crippen LogP contribution in [0, 0.1) is 0 Å². The monoisotopic (exact) mass is 594 g/mol. The first-order valence-corrected chi connectivity index (χ1v) is 15.9. The van der Waals surface area contributed by atoms with Crippen LogP contribution in [0.25, 0.3) is 70.4 Å². The zero-order chi connectivity index (χ0) is 29.7. The molecule has 0 amide bonds. The van der Waals surface area contributed by atoms with Crippen molar-refractivity contribution < 1.29 is 0 Å². The Hall–Kier alpha value is -5.65. The van der Waals surface area contributed by atoms with Gasteiger partial charge in [-0.25, -0.2) is 15.0 Å². The van der Waals surface area contributed by atoms with E-state index in [1.165, 1.54) is 42.0 Å². The summed E-state index contributed by atoms with van der Waals surface area (Å²) in [5.74, 6) is 2.10. The minimum Gasteiger partial charge on any atom is -0.308 e. The van der Waals surface area contributed by atoms with Gasteiger partial charge in [0.25, 0.3) is 0 Å². The van der Waals surface area contributed by atoms with Crippen LogP contribution in [0.1, 0.15) is 11.4 Å². The van der Waals surface area contributed by atoms with Crippen molar-refractivity contribution in [1.29, 1.82) is 0 Å². The Bertz CT molecular complexity index is 2450. The maximum Gasteiger partial charge on any atom is 0.163 e. The van der Waals surface area contributed by atoms with E-state index < -0.39 is 0 Å². The molecule has 0 aliphatic rings. The molecule has 9 aromatic rings. The number of hydrogen-bond donors (Lipinski definition) is 0. The average Bonchev–Trinajstić information content (AvgIpc) is 3.65. The lowest BCUT2D eigenvalue weighted by Crippen LogP contribution is -2.06. The van der Waals surface area contributed by atoms with E-state index in [4.69, 9.17) is 15.0 Å². The fourth-order valence-electron chi connectivity index (χ4n) is 6.50. The van der Waals surface area contributed by atoms with E-state index in [0.29, 0.717) is 18.1 Å². The lowest BCUT2D eigenvalue weighted by Gasteiger charge is -2.15. The Balaban J connectivity index is 1.28. The van der Waals surface area contributed by atoms with Gasteiger partial charge in [0.15, 0.2) is 11.6 Å². The highest BCUT2D eigenvalue weighted by Gasteiger charge is 2.20. The number of hydrogen-bond acceptors (Lipinski definition) is 4. The third-order valence-electron chi connectivity index (χ3n) is 8.50. The quantitative estimate of drug-likeness (QED) is 0.199. The molecule has 0 atom stereocenters. The van der Waals surface area contributed by atoms with Gasteiger partial charge in [-0.3, -0.25) is 0 Å². The first-order valence-electron chi connectivity index (χ1n) is 15.1. The molecule has 3 heterocycles. The molecule has 0 bridgehead atoms. The number of nitrogens with zero attached hydrogens (tertiary/aromatic N) is 4. The largest absolute Gasteiger partial charge is 0.308 e. The summed E-state index contributed by atoms with van der Waals surface area (Å²) in [5, 5.41) is 5.10. The third kappa shape index (κ3) is 4.32. The Kier molecular flexibility index (Phi) is 6.03. The smallest absolute Gasteiger partial charge is 0.163 e.